The molecule has 0 spiro atoms. The number of carbonyl (C=O) groups is 1. The molecule has 2 rings (SSSR count). The molecule has 0 saturated carbocycles. The Kier molecular flexibility index (Phi) is 4.15. The Morgan fingerprint density at radius 1 is 1.05 bits per heavy atom. The summed E-state index contributed by atoms with van der Waals surface area (Å²) in [6, 6.07) is 9.79. The van der Waals surface area contributed by atoms with Gasteiger partial charge in [-0.15, -0.1) is 0 Å². The van der Waals surface area contributed by atoms with Crippen LogP contribution in [0.5, 0.6) is 11.5 Å². The van der Waals surface area contributed by atoms with Gasteiger partial charge in [0.2, 0.25) is 0 Å². The van der Waals surface area contributed by atoms with Crippen molar-refractivity contribution in [1.82, 2.24) is 0 Å². The lowest BCUT2D eigenvalue weighted by Gasteiger charge is -2.12. The zero-order valence-corrected chi connectivity index (χ0v) is 11.8. The number of ether oxygens (including phenoxy) is 2. The molecule has 0 amide bonds. The van der Waals surface area contributed by atoms with Gasteiger partial charge in [0.1, 0.15) is 11.5 Å². The number of hydrogen-bond acceptors (Lipinski definition) is 3. The highest BCUT2D eigenvalue weighted by molar-refractivity contribution is 6.33. The molecule has 2 aromatic rings. The van der Waals surface area contributed by atoms with Crippen LogP contribution in [0.15, 0.2) is 36.4 Å². The van der Waals surface area contributed by atoms with Crippen LogP contribution in [-0.2, 0) is 0 Å². The molecule has 1 N–H and O–H groups in total. The Morgan fingerprint density at radius 3 is 2.40 bits per heavy atom. The standard InChI is InChI=1S/C15H13ClO4/c1-19-10-4-6-14(20-2)12(8-10)11-7-9(15(17)18)3-5-13(11)16/h3-8H,1-2H3,(H,17,18). The van der Waals surface area contributed by atoms with Crippen LogP contribution in [0.2, 0.25) is 5.02 Å². The first-order valence-electron chi connectivity index (χ1n) is 5.82. The molecule has 4 nitrogen and oxygen atoms in total. The Morgan fingerprint density at radius 2 is 1.80 bits per heavy atom. The molecule has 0 aromatic heterocycles. The molecule has 0 unspecified atom stereocenters. The normalized spacial score (nSPS) is 10.2. The van der Waals surface area contributed by atoms with Gasteiger partial charge in [0.05, 0.1) is 19.8 Å². The van der Waals surface area contributed by atoms with Crippen molar-refractivity contribution in [1.29, 1.82) is 0 Å². The fraction of sp³-hybridized carbons (Fsp3) is 0.133. The fourth-order valence-electron chi connectivity index (χ4n) is 1.89. The van der Waals surface area contributed by atoms with Crippen LogP contribution >= 0.6 is 11.6 Å². The summed E-state index contributed by atoms with van der Waals surface area (Å²) in [6.07, 6.45) is 0. The van der Waals surface area contributed by atoms with Gasteiger partial charge in [-0.3, -0.25) is 0 Å². The van der Waals surface area contributed by atoms with E-state index in [9.17, 15) is 4.79 Å². The van der Waals surface area contributed by atoms with Crippen molar-refractivity contribution in [3.05, 3.63) is 47.0 Å². The van der Waals surface area contributed by atoms with Gasteiger partial charge < -0.3 is 14.6 Å². The molecule has 5 heteroatoms. The number of methoxy groups -OCH3 is 2. The minimum absolute atomic E-state index is 0.161. The van der Waals surface area contributed by atoms with Crippen LogP contribution in [0.3, 0.4) is 0 Å². The first-order valence-corrected chi connectivity index (χ1v) is 6.20. The van der Waals surface area contributed by atoms with Gasteiger partial charge in [-0.25, -0.2) is 4.79 Å². The third kappa shape index (κ3) is 2.70. The van der Waals surface area contributed by atoms with Gasteiger partial charge in [-0.1, -0.05) is 11.6 Å². The third-order valence-electron chi connectivity index (χ3n) is 2.91. The van der Waals surface area contributed by atoms with Crippen molar-refractivity contribution < 1.29 is 19.4 Å². The lowest BCUT2D eigenvalue weighted by Crippen LogP contribution is -1.97. The summed E-state index contributed by atoms with van der Waals surface area (Å²) in [5, 5.41) is 9.52. The van der Waals surface area contributed by atoms with Crippen LogP contribution in [0.25, 0.3) is 11.1 Å². The lowest BCUT2D eigenvalue weighted by atomic mass is 10.0. The summed E-state index contributed by atoms with van der Waals surface area (Å²) in [4.78, 5) is 11.1. The zero-order valence-electron chi connectivity index (χ0n) is 11.0. The van der Waals surface area contributed by atoms with E-state index in [0.29, 0.717) is 27.6 Å². The first kappa shape index (κ1) is 14.2. The van der Waals surface area contributed by atoms with Gasteiger partial charge in [-0.2, -0.15) is 0 Å². The number of halogens is 1. The molecule has 20 heavy (non-hydrogen) atoms. The number of carboxylic acids is 1. The Hall–Kier alpha value is -2.20. The minimum Gasteiger partial charge on any atom is -0.497 e. The lowest BCUT2D eigenvalue weighted by molar-refractivity contribution is 0.0697. The second-order valence-electron chi connectivity index (χ2n) is 4.07. The van der Waals surface area contributed by atoms with Crippen LogP contribution in [-0.4, -0.2) is 25.3 Å². The molecule has 0 bridgehead atoms. The fourth-order valence-corrected chi connectivity index (χ4v) is 2.11. The smallest absolute Gasteiger partial charge is 0.335 e. The molecule has 0 aliphatic heterocycles. The highest BCUT2D eigenvalue weighted by Gasteiger charge is 2.14. The van der Waals surface area contributed by atoms with Crippen molar-refractivity contribution in [3.63, 3.8) is 0 Å². The Bertz CT molecular complexity index is 652. The molecular weight excluding hydrogens is 280 g/mol. The zero-order chi connectivity index (χ0) is 14.7. The van der Waals surface area contributed by atoms with E-state index in [2.05, 4.69) is 0 Å². The molecule has 104 valence electrons. The quantitative estimate of drug-likeness (QED) is 0.933. The van der Waals surface area contributed by atoms with Crippen molar-refractivity contribution in [3.8, 4) is 22.6 Å². The van der Waals surface area contributed by atoms with Gasteiger partial charge >= 0.3 is 5.97 Å². The first-order chi connectivity index (χ1) is 9.56. The van der Waals surface area contributed by atoms with Crippen molar-refractivity contribution in [2.45, 2.75) is 0 Å². The van der Waals surface area contributed by atoms with Crippen molar-refractivity contribution >= 4 is 17.6 Å². The molecular formula is C15H13ClO4. The van der Waals surface area contributed by atoms with Crippen LogP contribution in [0.4, 0.5) is 0 Å². The average molecular weight is 293 g/mol. The second-order valence-corrected chi connectivity index (χ2v) is 4.47. The van der Waals surface area contributed by atoms with E-state index in [-0.39, 0.29) is 5.56 Å². The Balaban J connectivity index is 2.65. The Labute approximate surface area is 121 Å². The molecule has 0 atom stereocenters. The van der Waals surface area contributed by atoms with E-state index in [0.717, 1.165) is 0 Å². The number of aromatic carboxylic acids is 1. The van der Waals surface area contributed by atoms with Crippen LogP contribution in [0, 0.1) is 0 Å². The number of carboxylic acid groups (broad SMARTS) is 1. The van der Waals surface area contributed by atoms with E-state index < -0.39 is 5.97 Å². The molecule has 0 saturated heterocycles. The predicted octanol–water partition coefficient (Wildman–Crippen LogP) is 3.72. The molecule has 2 aromatic carbocycles. The van der Waals surface area contributed by atoms with Gasteiger partial charge in [0.25, 0.3) is 0 Å². The summed E-state index contributed by atoms with van der Waals surface area (Å²) in [5.41, 5.74) is 1.43. The monoisotopic (exact) mass is 292 g/mol. The van der Waals surface area contributed by atoms with E-state index in [4.69, 9.17) is 26.2 Å². The maximum absolute atomic E-state index is 11.1. The SMILES string of the molecule is COc1ccc(OC)c(-c2cc(C(=O)O)ccc2Cl)c1. The van der Waals surface area contributed by atoms with Crippen molar-refractivity contribution in [2.24, 2.45) is 0 Å². The highest BCUT2D eigenvalue weighted by atomic mass is 35.5. The van der Waals surface area contributed by atoms with Gasteiger partial charge in [0.15, 0.2) is 0 Å². The van der Waals surface area contributed by atoms with Gasteiger partial charge in [0, 0.05) is 16.1 Å². The number of hydrogen-bond donors (Lipinski definition) is 1. The summed E-state index contributed by atoms with van der Waals surface area (Å²) < 4.78 is 10.5. The topological polar surface area (TPSA) is 55.8 Å². The summed E-state index contributed by atoms with van der Waals surface area (Å²) in [6.45, 7) is 0. The minimum atomic E-state index is -1.01. The summed E-state index contributed by atoms with van der Waals surface area (Å²) in [5.74, 6) is 0.220. The summed E-state index contributed by atoms with van der Waals surface area (Å²) in [7, 11) is 3.10. The van der Waals surface area contributed by atoms with E-state index in [1.54, 1.807) is 38.5 Å². The number of benzene rings is 2. The second kappa shape index (κ2) is 5.84. The average Bonchev–Trinajstić information content (AvgIpc) is 2.46. The molecule has 0 radical (unpaired) electrons. The largest absolute Gasteiger partial charge is 0.497 e. The molecule has 0 fully saturated rings. The van der Waals surface area contributed by atoms with E-state index in [1.165, 1.54) is 12.1 Å². The maximum atomic E-state index is 11.1. The molecule has 0 aliphatic rings. The number of rotatable bonds is 4. The van der Waals surface area contributed by atoms with Crippen LogP contribution < -0.4 is 9.47 Å². The van der Waals surface area contributed by atoms with Crippen molar-refractivity contribution in [2.75, 3.05) is 14.2 Å². The predicted molar refractivity (Wildman–Crippen MR) is 77.0 cm³/mol. The summed E-state index contributed by atoms with van der Waals surface area (Å²) >= 11 is 6.17. The van der Waals surface area contributed by atoms with E-state index in [1.807, 2.05) is 0 Å². The maximum Gasteiger partial charge on any atom is 0.335 e. The van der Waals surface area contributed by atoms with E-state index >= 15 is 0 Å². The van der Waals surface area contributed by atoms with Gasteiger partial charge in [-0.05, 0) is 36.4 Å². The van der Waals surface area contributed by atoms with Crippen LogP contribution in [0.1, 0.15) is 10.4 Å². The third-order valence-corrected chi connectivity index (χ3v) is 3.24. The molecule has 0 aliphatic carbocycles. The molecule has 0 heterocycles. The highest BCUT2D eigenvalue weighted by Crippen LogP contribution is 2.37.